The van der Waals surface area contributed by atoms with Crippen LogP contribution in [0.5, 0.6) is 0 Å². The van der Waals surface area contributed by atoms with Crippen LogP contribution in [0.2, 0.25) is 0 Å². The second-order valence-electron chi connectivity index (χ2n) is 4.53. The van der Waals surface area contributed by atoms with Crippen LogP contribution < -0.4 is 5.73 Å². The van der Waals surface area contributed by atoms with Crippen LogP contribution in [0.15, 0.2) is 29.2 Å². The first-order valence-electron chi connectivity index (χ1n) is 6.16. The fraction of sp³-hybridized carbons (Fsp3) is 0.462. The highest BCUT2D eigenvalue weighted by molar-refractivity contribution is 7.99. The summed E-state index contributed by atoms with van der Waals surface area (Å²) >= 11 is 0.480. The summed E-state index contributed by atoms with van der Waals surface area (Å²) in [6.45, 7) is 1.32. The zero-order valence-corrected chi connectivity index (χ0v) is 11.2. The van der Waals surface area contributed by atoms with E-state index in [1.165, 1.54) is 0 Å². The van der Waals surface area contributed by atoms with E-state index in [4.69, 9.17) is 5.73 Å². The Bertz CT molecular complexity index is 431. The number of nitrogens with two attached hydrogens (primary N) is 1. The van der Waals surface area contributed by atoms with Gasteiger partial charge < -0.3 is 10.6 Å². The number of piperidine rings is 1. The quantitative estimate of drug-likeness (QED) is 0.869. The first-order chi connectivity index (χ1) is 9.06. The summed E-state index contributed by atoms with van der Waals surface area (Å²) in [6, 6.07) is 6.48. The molecule has 1 aliphatic heterocycles. The predicted molar refractivity (Wildman–Crippen MR) is 71.4 cm³/mol. The molecule has 104 valence electrons. The molecule has 3 nitrogen and oxygen atoms in total. The second-order valence-corrected chi connectivity index (χ2v) is 5.60. The number of carbonyl (C=O) groups is 1. The molecule has 0 bridgehead atoms. The summed E-state index contributed by atoms with van der Waals surface area (Å²) in [5, 5.41) is 0. The van der Waals surface area contributed by atoms with Gasteiger partial charge in [0.1, 0.15) is 0 Å². The molecule has 1 heterocycles. The Morgan fingerprint density at radius 3 is 2.37 bits per heavy atom. The molecule has 1 saturated heterocycles. The van der Waals surface area contributed by atoms with Crippen LogP contribution >= 0.6 is 11.8 Å². The Labute approximate surface area is 115 Å². The Hall–Kier alpha value is -1.14. The van der Waals surface area contributed by atoms with Gasteiger partial charge in [-0.1, -0.05) is 11.8 Å². The highest BCUT2D eigenvalue weighted by Gasteiger charge is 2.21. The molecule has 1 aliphatic rings. The molecule has 2 rings (SSSR count). The molecular weight excluding hydrogens is 270 g/mol. The average Bonchev–Trinajstić information content (AvgIpc) is 2.39. The van der Waals surface area contributed by atoms with Gasteiger partial charge in [0.25, 0.3) is 11.7 Å². The summed E-state index contributed by atoms with van der Waals surface area (Å²) in [7, 11) is 0. The van der Waals surface area contributed by atoms with E-state index in [0.717, 1.165) is 12.8 Å². The molecule has 6 heteroatoms. The van der Waals surface area contributed by atoms with Crippen LogP contribution in [0.3, 0.4) is 0 Å². The number of rotatable bonds is 3. The van der Waals surface area contributed by atoms with Gasteiger partial charge in [0.15, 0.2) is 0 Å². The molecule has 0 unspecified atom stereocenters. The number of amides is 1. The highest BCUT2D eigenvalue weighted by Crippen LogP contribution is 2.25. The third kappa shape index (κ3) is 3.91. The number of carbonyl (C=O) groups excluding carboxylic acids is 1. The molecule has 0 saturated carbocycles. The molecule has 0 aromatic heterocycles. The lowest BCUT2D eigenvalue weighted by Crippen LogP contribution is -2.42. The minimum Gasteiger partial charge on any atom is -0.339 e. The van der Waals surface area contributed by atoms with Crippen molar-refractivity contribution >= 4 is 17.7 Å². The molecule has 1 aromatic rings. The standard InChI is InChI=1S/C13H16F2N2OS/c14-13(15)19-11-3-1-9(2-4-11)12(18)17-7-5-10(16)6-8-17/h1-4,10,13H,5-8,16H2. The van der Waals surface area contributed by atoms with Crippen molar-refractivity contribution in [1.82, 2.24) is 4.90 Å². The van der Waals surface area contributed by atoms with Gasteiger partial charge in [-0.05, 0) is 37.1 Å². The molecule has 2 N–H and O–H groups in total. The second kappa shape index (κ2) is 6.34. The maximum Gasteiger partial charge on any atom is 0.288 e. The van der Waals surface area contributed by atoms with Gasteiger partial charge in [0, 0.05) is 29.6 Å². The van der Waals surface area contributed by atoms with Gasteiger partial charge in [0.05, 0.1) is 0 Å². The van der Waals surface area contributed by atoms with Crippen molar-refractivity contribution in [2.75, 3.05) is 13.1 Å². The van der Waals surface area contributed by atoms with Gasteiger partial charge >= 0.3 is 0 Å². The minimum absolute atomic E-state index is 0.0551. The monoisotopic (exact) mass is 286 g/mol. The number of likely N-dealkylation sites (tertiary alicyclic amines) is 1. The van der Waals surface area contributed by atoms with E-state index in [-0.39, 0.29) is 11.9 Å². The zero-order chi connectivity index (χ0) is 13.8. The van der Waals surface area contributed by atoms with Gasteiger partial charge in [-0.3, -0.25) is 4.79 Å². The SMILES string of the molecule is NC1CCN(C(=O)c2ccc(SC(F)F)cc2)CC1. The molecule has 1 aromatic carbocycles. The van der Waals surface area contributed by atoms with Crippen molar-refractivity contribution in [3.05, 3.63) is 29.8 Å². The van der Waals surface area contributed by atoms with E-state index in [2.05, 4.69) is 0 Å². The molecule has 1 fully saturated rings. The smallest absolute Gasteiger partial charge is 0.288 e. The van der Waals surface area contributed by atoms with Gasteiger partial charge in [-0.25, -0.2) is 0 Å². The number of nitrogens with zero attached hydrogens (tertiary/aromatic N) is 1. The van der Waals surface area contributed by atoms with Gasteiger partial charge in [-0.15, -0.1) is 0 Å². The zero-order valence-electron chi connectivity index (χ0n) is 10.4. The molecule has 0 aliphatic carbocycles. The largest absolute Gasteiger partial charge is 0.339 e. The fourth-order valence-corrected chi connectivity index (χ4v) is 2.56. The number of hydrogen-bond donors (Lipinski definition) is 1. The number of thioether (sulfide) groups is 1. The van der Waals surface area contributed by atoms with E-state index in [0.29, 0.717) is 35.3 Å². The first-order valence-corrected chi connectivity index (χ1v) is 7.04. The highest BCUT2D eigenvalue weighted by atomic mass is 32.2. The molecular formula is C13H16F2N2OS. The molecule has 0 spiro atoms. The average molecular weight is 286 g/mol. The van der Waals surface area contributed by atoms with E-state index in [1.54, 1.807) is 29.2 Å². The van der Waals surface area contributed by atoms with Crippen LogP contribution in [0.25, 0.3) is 0 Å². The summed E-state index contributed by atoms with van der Waals surface area (Å²) in [6.07, 6.45) is 1.62. The lowest BCUT2D eigenvalue weighted by atomic mass is 10.1. The molecule has 19 heavy (non-hydrogen) atoms. The first kappa shape index (κ1) is 14.3. The topological polar surface area (TPSA) is 46.3 Å². The summed E-state index contributed by atoms with van der Waals surface area (Å²) in [5.74, 6) is -2.49. The molecule has 1 amide bonds. The van der Waals surface area contributed by atoms with Crippen LogP contribution in [-0.2, 0) is 0 Å². The number of hydrogen-bond acceptors (Lipinski definition) is 3. The number of halogens is 2. The van der Waals surface area contributed by atoms with Crippen molar-refractivity contribution in [2.24, 2.45) is 5.73 Å². The molecule has 0 atom stereocenters. The minimum atomic E-state index is -2.44. The molecule has 0 radical (unpaired) electrons. The van der Waals surface area contributed by atoms with Crippen LogP contribution in [-0.4, -0.2) is 35.7 Å². The Morgan fingerprint density at radius 1 is 1.26 bits per heavy atom. The Morgan fingerprint density at radius 2 is 1.84 bits per heavy atom. The van der Waals surface area contributed by atoms with Gasteiger partial charge in [-0.2, -0.15) is 8.78 Å². The van der Waals surface area contributed by atoms with Crippen molar-refractivity contribution in [3.8, 4) is 0 Å². The number of benzene rings is 1. The predicted octanol–water partition coefficient (Wildman–Crippen LogP) is 2.56. The van der Waals surface area contributed by atoms with E-state index in [9.17, 15) is 13.6 Å². The fourth-order valence-electron chi connectivity index (χ4n) is 2.06. The van der Waals surface area contributed by atoms with Crippen LogP contribution in [0.1, 0.15) is 23.2 Å². The van der Waals surface area contributed by atoms with Crippen LogP contribution in [0, 0.1) is 0 Å². The Kier molecular flexibility index (Phi) is 4.76. The lowest BCUT2D eigenvalue weighted by molar-refractivity contribution is 0.0714. The lowest BCUT2D eigenvalue weighted by Gasteiger charge is -2.30. The van der Waals surface area contributed by atoms with Crippen molar-refractivity contribution < 1.29 is 13.6 Å². The van der Waals surface area contributed by atoms with Crippen LogP contribution in [0.4, 0.5) is 8.78 Å². The summed E-state index contributed by atoms with van der Waals surface area (Å²) < 4.78 is 24.4. The van der Waals surface area contributed by atoms with E-state index < -0.39 is 5.76 Å². The van der Waals surface area contributed by atoms with Crippen molar-refractivity contribution in [2.45, 2.75) is 29.5 Å². The van der Waals surface area contributed by atoms with Crippen molar-refractivity contribution in [1.29, 1.82) is 0 Å². The van der Waals surface area contributed by atoms with E-state index >= 15 is 0 Å². The van der Waals surface area contributed by atoms with Crippen molar-refractivity contribution in [3.63, 3.8) is 0 Å². The number of alkyl halides is 2. The summed E-state index contributed by atoms with van der Waals surface area (Å²) in [5.41, 5.74) is 6.33. The summed E-state index contributed by atoms with van der Waals surface area (Å²) in [4.78, 5) is 14.4. The normalized spacial score (nSPS) is 16.9. The maximum atomic E-state index is 12.2. The van der Waals surface area contributed by atoms with E-state index in [1.807, 2.05) is 0 Å². The van der Waals surface area contributed by atoms with Gasteiger partial charge in [0.2, 0.25) is 0 Å². The third-order valence-electron chi connectivity index (χ3n) is 3.15. The maximum absolute atomic E-state index is 12.2. The third-order valence-corrected chi connectivity index (χ3v) is 3.88. The Balaban J connectivity index is 1.99.